The zero-order valence-electron chi connectivity index (χ0n) is 14.3. The maximum atomic E-state index is 11.3. The van der Waals surface area contributed by atoms with Gasteiger partial charge in [0.05, 0.1) is 4.90 Å². The van der Waals surface area contributed by atoms with Crippen LogP contribution >= 0.6 is 0 Å². The van der Waals surface area contributed by atoms with Crippen LogP contribution in [-0.4, -0.2) is 33.5 Å². The summed E-state index contributed by atoms with van der Waals surface area (Å²) in [5, 5.41) is 5.12. The number of aryl methyl sites for hydroxylation is 1. The number of hydrogen-bond donors (Lipinski definition) is 1. The maximum Gasteiger partial charge on any atom is 0.238 e. The Hall–Kier alpha value is -1.89. The Morgan fingerprint density at radius 2 is 1.67 bits per heavy atom. The predicted octanol–water partition coefficient (Wildman–Crippen LogP) is 2.71. The number of sulfonamides is 1. The molecule has 0 saturated carbocycles. The summed E-state index contributed by atoms with van der Waals surface area (Å²) in [4.78, 5) is 2.28. The van der Waals surface area contributed by atoms with Gasteiger partial charge < -0.3 is 4.74 Å². The molecule has 2 rings (SSSR count). The highest BCUT2D eigenvalue weighted by Gasteiger charge is 2.13. The van der Waals surface area contributed by atoms with E-state index in [-0.39, 0.29) is 10.9 Å². The molecule has 0 saturated heterocycles. The van der Waals surface area contributed by atoms with Crippen LogP contribution in [0.2, 0.25) is 0 Å². The number of likely N-dealkylation sites (N-methyl/N-ethyl adjacent to an activating group) is 1. The average molecular weight is 348 g/mol. The summed E-state index contributed by atoms with van der Waals surface area (Å²) < 4.78 is 28.3. The highest BCUT2D eigenvalue weighted by Crippen LogP contribution is 2.20. The summed E-state index contributed by atoms with van der Waals surface area (Å²) in [5.74, 6) is 0.860. The molecule has 2 aromatic carbocycles. The largest absolute Gasteiger partial charge is 0.492 e. The number of primary sulfonamides is 1. The molecule has 0 amide bonds. The number of hydrogen-bond acceptors (Lipinski definition) is 4. The summed E-state index contributed by atoms with van der Waals surface area (Å²) in [7, 11) is -1.64. The van der Waals surface area contributed by atoms with Gasteiger partial charge >= 0.3 is 0 Å². The molecule has 2 N–H and O–H groups in total. The van der Waals surface area contributed by atoms with E-state index in [0.717, 1.165) is 17.9 Å². The molecule has 0 fully saturated rings. The van der Waals surface area contributed by atoms with Crippen molar-refractivity contribution in [3.05, 3.63) is 59.7 Å². The quantitative estimate of drug-likeness (QED) is 0.835. The number of nitrogens with two attached hydrogens (primary N) is 1. The molecule has 0 bridgehead atoms. The lowest BCUT2D eigenvalue weighted by molar-refractivity contribution is 0.201. The molecule has 0 radical (unpaired) electrons. The van der Waals surface area contributed by atoms with Crippen LogP contribution in [0.5, 0.6) is 5.75 Å². The standard InChI is InChI=1S/C18H24N2O3S/c1-14-4-8-17(9-5-14)23-13-12-20(3)15(2)16-6-10-18(11-7-16)24(19,21)22/h4-11,15H,12-13H2,1-3H3,(H2,19,21,22)/t15-/m1/s1. The summed E-state index contributed by atoms with van der Waals surface area (Å²) in [6.07, 6.45) is 0. The first-order valence-electron chi connectivity index (χ1n) is 7.80. The number of rotatable bonds is 7. The Kier molecular flexibility index (Phi) is 5.99. The molecule has 0 unspecified atom stereocenters. The van der Waals surface area contributed by atoms with Crippen molar-refractivity contribution < 1.29 is 13.2 Å². The van der Waals surface area contributed by atoms with Gasteiger partial charge in [-0.3, -0.25) is 4.90 Å². The van der Waals surface area contributed by atoms with Crippen molar-refractivity contribution in [2.24, 2.45) is 5.14 Å². The van der Waals surface area contributed by atoms with Gasteiger partial charge in [0.25, 0.3) is 0 Å². The number of ether oxygens (including phenoxy) is 1. The minimum Gasteiger partial charge on any atom is -0.492 e. The van der Waals surface area contributed by atoms with Gasteiger partial charge in [0.2, 0.25) is 10.0 Å². The van der Waals surface area contributed by atoms with Gasteiger partial charge in [-0.1, -0.05) is 29.8 Å². The van der Waals surface area contributed by atoms with Gasteiger partial charge in [-0.15, -0.1) is 0 Å². The summed E-state index contributed by atoms with van der Waals surface area (Å²) in [6, 6.07) is 14.8. The Bertz CT molecular complexity index is 756. The lowest BCUT2D eigenvalue weighted by atomic mass is 10.1. The zero-order chi connectivity index (χ0) is 17.7. The second kappa shape index (κ2) is 7.79. The van der Waals surface area contributed by atoms with Crippen molar-refractivity contribution in [3.8, 4) is 5.75 Å². The van der Waals surface area contributed by atoms with E-state index in [1.165, 1.54) is 17.7 Å². The Labute approximate surface area is 144 Å². The molecule has 2 aromatic rings. The molecule has 5 nitrogen and oxygen atoms in total. The van der Waals surface area contributed by atoms with Crippen LogP contribution in [0.4, 0.5) is 0 Å². The van der Waals surface area contributed by atoms with E-state index in [2.05, 4.69) is 11.8 Å². The van der Waals surface area contributed by atoms with Crippen molar-refractivity contribution in [2.45, 2.75) is 24.8 Å². The van der Waals surface area contributed by atoms with Crippen LogP contribution in [0, 0.1) is 6.92 Å². The van der Waals surface area contributed by atoms with Crippen LogP contribution in [-0.2, 0) is 10.0 Å². The fourth-order valence-corrected chi connectivity index (χ4v) is 2.84. The van der Waals surface area contributed by atoms with Crippen molar-refractivity contribution in [3.63, 3.8) is 0 Å². The van der Waals surface area contributed by atoms with Crippen molar-refractivity contribution in [1.29, 1.82) is 0 Å². The Morgan fingerprint density at radius 1 is 1.08 bits per heavy atom. The number of benzene rings is 2. The summed E-state index contributed by atoms with van der Waals surface area (Å²) in [5.41, 5.74) is 2.23. The van der Waals surface area contributed by atoms with Crippen molar-refractivity contribution in [1.82, 2.24) is 4.90 Å². The maximum absolute atomic E-state index is 11.3. The molecular formula is C18H24N2O3S. The molecular weight excluding hydrogens is 324 g/mol. The van der Waals surface area contributed by atoms with Gasteiger partial charge in [-0.05, 0) is 50.7 Å². The molecule has 0 heterocycles. The smallest absolute Gasteiger partial charge is 0.238 e. The van der Waals surface area contributed by atoms with Crippen LogP contribution in [0.1, 0.15) is 24.1 Å². The molecule has 0 aromatic heterocycles. The van der Waals surface area contributed by atoms with E-state index in [9.17, 15) is 8.42 Å². The Balaban J connectivity index is 1.89. The summed E-state index contributed by atoms with van der Waals surface area (Å²) in [6.45, 7) is 5.45. The molecule has 0 aliphatic carbocycles. The van der Waals surface area contributed by atoms with E-state index >= 15 is 0 Å². The van der Waals surface area contributed by atoms with E-state index in [0.29, 0.717) is 6.61 Å². The SMILES string of the molecule is Cc1ccc(OCCN(C)[C@H](C)c2ccc(S(N)(=O)=O)cc2)cc1. The van der Waals surface area contributed by atoms with Gasteiger partial charge in [0.1, 0.15) is 12.4 Å². The Morgan fingerprint density at radius 3 is 2.21 bits per heavy atom. The molecule has 0 aliphatic rings. The highest BCUT2D eigenvalue weighted by molar-refractivity contribution is 7.89. The lowest BCUT2D eigenvalue weighted by Crippen LogP contribution is -2.27. The minimum atomic E-state index is -3.65. The third-order valence-corrected chi connectivity index (χ3v) is 5.02. The third-order valence-electron chi connectivity index (χ3n) is 4.09. The molecule has 6 heteroatoms. The topological polar surface area (TPSA) is 72.6 Å². The molecule has 130 valence electrons. The summed E-state index contributed by atoms with van der Waals surface area (Å²) >= 11 is 0. The predicted molar refractivity (Wildman–Crippen MR) is 95.5 cm³/mol. The first kappa shape index (κ1) is 18.4. The first-order valence-corrected chi connectivity index (χ1v) is 9.34. The molecule has 24 heavy (non-hydrogen) atoms. The van der Waals surface area contributed by atoms with Crippen LogP contribution in [0.3, 0.4) is 0 Å². The normalized spacial score (nSPS) is 13.0. The van der Waals surface area contributed by atoms with Crippen LogP contribution < -0.4 is 9.88 Å². The fraction of sp³-hybridized carbons (Fsp3) is 0.333. The zero-order valence-corrected chi connectivity index (χ0v) is 15.1. The third kappa shape index (κ3) is 5.06. The molecule has 0 spiro atoms. The highest BCUT2D eigenvalue weighted by atomic mass is 32.2. The van der Waals surface area contributed by atoms with E-state index < -0.39 is 10.0 Å². The van der Waals surface area contributed by atoms with Crippen molar-refractivity contribution in [2.75, 3.05) is 20.2 Å². The lowest BCUT2D eigenvalue weighted by Gasteiger charge is -2.25. The van der Waals surface area contributed by atoms with E-state index in [1.54, 1.807) is 12.1 Å². The van der Waals surface area contributed by atoms with E-state index in [1.807, 2.05) is 38.2 Å². The second-order valence-electron chi connectivity index (χ2n) is 5.93. The number of nitrogens with zero attached hydrogens (tertiary/aromatic N) is 1. The second-order valence-corrected chi connectivity index (χ2v) is 7.49. The van der Waals surface area contributed by atoms with Crippen molar-refractivity contribution >= 4 is 10.0 Å². The average Bonchev–Trinajstić information content (AvgIpc) is 2.55. The van der Waals surface area contributed by atoms with Gasteiger partial charge in [-0.25, -0.2) is 13.6 Å². The minimum absolute atomic E-state index is 0.129. The monoisotopic (exact) mass is 348 g/mol. The molecule has 1 atom stereocenters. The van der Waals surface area contributed by atoms with Crippen LogP contribution in [0.25, 0.3) is 0 Å². The van der Waals surface area contributed by atoms with Gasteiger partial charge in [-0.2, -0.15) is 0 Å². The van der Waals surface area contributed by atoms with Gasteiger partial charge in [0, 0.05) is 12.6 Å². The van der Waals surface area contributed by atoms with Crippen LogP contribution in [0.15, 0.2) is 53.4 Å². The first-order chi connectivity index (χ1) is 11.3. The van der Waals surface area contributed by atoms with Gasteiger partial charge in [0.15, 0.2) is 0 Å². The van der Waals surface area contributed by atoms with E-state index in [4.69, 9.17) is 9.88 Å². The fourth-order valence-electron chi connectivity index (χ4n) is 2.33. The molecule has 0 aliphatic heterocycles.